The second-order valence-electron chi connectivity index (χ2n) is 2.97. The Hall–Kier alpha value is -0.610. The number of nitrogens with zero attached hydrogens (tertiary/aromatic N) is 2. The summed E-state index contributed by atoms with van der Waals surface area (Å²) in [4.78, 5) is 4.32. The van der Waals surface area contributed by atoms with Gasteiger partial charge in [0.2, 0.25) is 0 Å². The highest BCUT2D eigenvalue weighted by molar-refractivity contribution is 9.10. The van der Waals surface area contributed by atoms with Gasteiger partial charge in [-0.1, -0.05) is 28.1 Å². The molecule has 0 saturated carbocycles. The molecule has 2 aromatic rings. The number of rotatable bonds is 1. The van der Waals surface area contributed by atoms with E-state index in [1.54, 1.807) is 6.20 Å². The van der Waals surface area contributed by atoms with E-state index in [4.69, 9.17) is 0 Å². The number of aromatic nitrogens is 2. The first-order chi connectivity index (χ1) is 6.68. The first-order valence-electron chi connectivity index (χ1n) is 4.11. The van der Waals surface area contributed by atoms with E-state index >= 15 is 0 Å². The van der Waals surface area contributed by atoms with Gasteiger partial charge in [-0.25, -0.2) is 4.98 Å². The van der Waals surface area contributed by atoms with Crippen LogP contribution in [0.1, 0.15) is 0 Å². The molecule has 0 aliphatic heterocycles. The van der Waals surface area contributed by atoms with Crippen LogP contribution in [0.15, 0.2) is 39.5 Å². The molecule has 4 heteroatoms. The van der Waals surface area contributed by atoms with Crippen molar-refractivity contribution in [2.75, 3.05) is 0 Å². The van der Waals surface area contributed by atoms with E-state index in [1.165, 1.54) is 0 Å². The molecular weight excluding hydrogens is 308 g/mol. The zero-order valence-electron chi connectivity index (χ0n) is 7.54. The van der Waals surface area contributed by atoms with Crippen LogP contribution in [0.3, 0.4) is 0 Å². The first kappa shape index (κ1) is 9.93. The molecule has 2 rings (SSSR count). The highest BCUT2D eigenvalue weighted by Gasteiger charge is 2.05. The summed E-state index contributed by atoms with van der Waals surface area (Å²) in [7, 11) is 1.98. The van der Waals surface area contributed by atoms with Crippen molar-refractivity contribution in [3.8, 4) is 11.4 Å². The quantitative estimate of drug-likeness (QED) is 0.786. The molecule has 1 heterocycles. The molecule has 72 valence electrons. The van der Waals surface area contributed by atoms with E-state index in [9.17, 15) is 0 Å². The molecule has 0 atom stereocenters. The Labute approximate surface area is 99.2 Å². The third-order valence-corrected chi connectivity index (χ3v) is 3.30. The number of halogens is 2. The summed E-state index contributed by atoms with van der Waals surface area (Å²) >= 11 is 6.82. The maximum atomic E-state index is 4.32. The summed E-state index contributed by atoms with van der Waals surface area (Å²) in [5.74, 6) is 0.962. The summed E-state index contributed by atoms with van der Waals surface area (Å²) in [5.41, 5.74) is 1.11. The first-order valence-corrected chi connectivity index (χ1v) is 5.70. The van der Waals surface area contributed by atoms with Crippen molar-refractivity contribution in [1.29, 1.82) is 0 Å². The third-order valence-electron chi connectivity index (χ3n) is 2.03. The normalized spacial score (nSPS) is 10.5. The SMILES string of the molecule is Cn1c(Br)cnc1-c1ccc(Br)cc1. The Morgan fingerprint density at radius 3 is 2.29 bits per heavy atom. The lowest BCUT2D eigenvalue weighted by Gasteiger charge is -2.02. The van der Waals surface area contributed by atoms with Crippen molar-refractivity contribution in [1.82, 2.24) is 9.55 Å². The van der Waals surface area contributed by atoms with Gasteiger partial charge in [-0.2, -0.15) is 0 Å². The van der Waals surface area contributed by atoms with Crippen LogP contribution >= 0.6 is 31.9 Å². The number of hydrogen-bond donors (Lipinski definition) is 0. The second kappa shape index (κ2) is 3.87. The predicted octanol–water partition coefficient (Wildman–Crippen LogP) is 3.61. The Bertz CT molecular complexity index is 446. The molecular formula is C10H8Br2N2. The molecule has 1 aromatic carbocycles. The topological polar surface area (TPSA) is 17.8 Å². The Kier molecular flexibility index (Phi) is 2.74. The fourth-order valence-electron chi connectivity index (χ4n) is 1.26. The molecule has 1 aromatic heterocycles. The number of benzene rings is 1. The van der Waals surface area contributed by atoms with Crippen LogP contribution in [0, 0.1) is 0 Å². The molecule has 0 fully saturated rings. The fraction of sp³-hybridized carbons (Fsp3) is 0.100. The van der Waals surface area contributed by atoms with Crippen LogP contribution in [-0.2, 0) is 7.05 Å². The van der Waals surface area contributed by atoms with Crippen molar-refractivity contribution < 1.29 is 0 Å². The van der Waals surface area contributed by atoms with E-state index in [2.05, 4.69) is 36.8 Å². The minimum absolute atomic E-state index is 0.962. The van der Waals surface area contributed by atoms with Crippen molar-refractivity contribution >= 4 is 31.9 Å². The highest BCUT2D eigenvalue weighted by atomic mass is 79.9. The summed E-state index contributed by atoms with van der Waals surface area (Å²) in [5, 5.41) is 0. The molecule has 0 saturated heterocycles. The van der Waals surface area contributed by atoms with Crippen LogP contribution < -0.4 is 0 Å². The molecule has 0 spiro atoms. The van der Waals surface area contributed by atoms with Crippen molar-refractivity contribution in [3.63, 3.8) is 0 Å². The van der Waals surface area contributed by atoms with E-state index in [-0.39, 0.29) is 0 Å². The van der Waals surface area contributed by atoms with Crippen LogP contribution in [-0.4, -0.2) is 9.55 Å². The maximum absolute atomic E-state index is 4.32. The lowest BCUT2D eigenvalue weighted by Crippen LogP contribution is -1.92. The fourth-order valence-corrected chi connectivity index (χ4v) is 1.79. The van der Waals surface area contributed by atoms with E-state index in [1.807, 2.05) is 35.9 Å². The second-order valence-corrected chi connectivity index (χ2v) is 4.70. The molecule has 0 amide bonds. The van der Waals surface area contributed by atoms with Crippen molar-refractivity contribution in [2.45, 2.75) is 0 Å². The summed E-state index contributed by atoms with van der Waals surface area (Å²) < 4.78 is 4.06. The summed E-state index contributed by atoms with van der Waals surface area (Å²) in [6.07, 6.45) is 1.80. The standard InChI is InChI=1S/C10H8Br2N2/c1-14-9(12)6-13-10(14)7-2-4-8(11)5-3-7/h2-6H,1H3. The van der Waals surface area contributed by atoms with E-state index < -0.39 is 0 Å². The average Bonchev–Trinajstić information content (AvgIpc) is 2.50. The Morgan fingerprint density at radius 2 is 1.79 bits per heavy atom. The number of hydrogen-bond acceptors (Lipinski definition) is 1. The van der Waals surface area contributed by atoms with Gasteiger partial charge in [0.25, 0.3) is 0 Å². The number of imidazole rings is 1. The Balaban J connectivity index is 2.49. The monoisotopic (exact) mass is 314 g/mol. The van der Waals surface area contributed by atoms with E-state index in [0.717, 1.165) is 20.5 Å². The molecule has 0 unspecified atom stereocenters. The lowest BCUT2D eigenvalue weighted by molar-refractivity contribution is 0.902. The van der Waals surface area contributed by atoms with Gasteiger partial charge in [-0.3, -0.25) is 0 Å². The van der Waals surface area contributed by atoms with Crippen LogP contribution in [0.25, 0.3) is 11.4 Å². The molecule has 0 bridgehead atoms. The Morgan fingerprint density at radius 1 is 1.14 bits per heavy atom. The van der Waals surface area contributed by atoms with Gasteiger partial charge in [0.05, 0.1) is 6.20 Å². The summed E-state index contributed by atoms with van der Waals surface area (Å²) in [6.45, 7) is 0. The molecule has 0 aliphatic rings. The summed E-state index contributed by atoms with van der Waals surface area (Å²) in [6, 6.07) is 8.10. The van der Waals surface area contributed by atoms with Crippen LogP contribution in [0.2, 0.25) is 0 Å². The van der Waals surface area contributed by atoms with Gasteiger partial charge in [0.1, 0.15) is 10.4 Å². The zero-order valence-corrected chi connectivity index (χ0v) is 10.7. The van der Waals surface area contributed by atoms with Gasteiger partial charge in [0.15, 0.2) is 0 Å². The van der Waals surface area contributed by atoms with Gasteiger partial charge in [-0.15, -0.1) is 0 Å². The average molecular weight is 316 g/mol. The predicted molar refractivity (Wildman–Crippen MR) is 64.0 cm³/mol. The van der Waals surface area contributed by atoms with Gasteiger partial charge >= 0.3 is 0 Å². The van der Waals surface area contributed by atoms with Gasteiger partial charge in [0, 0.05) is 17.1 Å². The molecule has 2 nitrogen and oxygen atoms in total. The van der Waals surface area contributed by atoms with Gasteiger partial charge in [-0.05, 0) is 28.1 Å². The highest BCUT2D eigenvalue weighted by Crippen LogP contribution is 2.22. The van der Waals surface area contributed by atoms with E-state index in [0.29, 0.717) is 0 Å². The molecule has 0 aliphatic carbocycles. The minimum atomic E-state index is 0.962. The third kappa shape index (κ3) is 1.77. The van der Waals surface area contributed by atoms with Crippen LogP contribution in [0.4, 0.5) is 0 Å². The van der Waals surface area contributed by atoms with Crippen LogP contribution in [0.5, 0.6) is 0 Å². The maximum Gasteiger partial charge on any atom is 0.140 e. The van der Waals surface area contributed by atoms with Crippen molar-refractivity contribution in [2.24, 2.45) is 7.05 Å². The zero-order chi connectivity index (χ0) is 10.1. The smallest absolute Gasteiger partial charge is 0.140 e. The molecule has 0 radical (unpaired) electrons. The largest absolute Gasteiger partial charge is 0.322 e. The molecule has 14 heavy (non-hydrogen) atoms. The minimum Gasteiger partial charge on any atom is -0.322 e. The van der Waals surface area contributed by atoms with Crippen molar-refractivity contribution in [3.05, 3.63) is 39.5 Å². The molecule has 0 N–H and O–H groups in total. The lowest BCUT2D eigenvalue weighted by atomic mass is 10.2. The van der Waals surface area contributed by atoms with Gasteiger partial charge < -0.3 is 4.57 Å².